The lowest BCUT2D eigenvalue weighted by molar-refractivity contribution is 0.112. The van der Waals surface area contributed by atoms with Crippen molar-refractivity contribution in [3.05, 3.63) is 222 Å². The molecule has 0 bridgehead atoms. The van der Waals surface area contributed by atoms with E-state index in [1.807, 2.05) is 123 Å². The molecule has 5 heterocycles. The van der Waals surface area contributed by atoms with Crippen LogP contribution in [0.2, 0.25) is 35.8 Å². The number of methoxy groups -OCH3 is 11. The van der Waals surface area contributed by atoms with Crippen LogP contribution in [0.4, 0.5) is 5.82 Å². The molecule has 28 nitrogen and oxygen atoms in total. The first kappa shape index (κ1) is 101. The van der Waals surface area contributed by atoms with Crippen LogP contribution >= 0.6 is 105 Å². The van der Waals surface area contributed by atoms with E-state index >= 15 is 0 Å². The van der Waals surface area contributed by atoms with Crippen molar-refractivity contribution in [2.24, 2.45) is 5.73 Å². The standard InChI is InChI=1S/C22H24ClN3O3.C13H13ClN2O4S.C13H13ClN2O3.C13H13ClN2O2S.C9H12ClN.C8H9BO4.C5H4Cl2N2S/c1-14(11-15-5-8-17(23)9-6-15)24-21-13-18(25-22(26-21)29-4)16-7-10-19(27-2)20(12-16)28-3;1-19-10-5-4-8(6-11(10)20-2)9-7-12(14)16-13(15-9)21(3,17)18;2*1-17-10-5-4-8(6-11(10)18-2)9-7-12(14)16-13(15-9)19-3;1-7(11)6-8-2-4-9(10)5-3-8;1-13-8-3-2-7(9(11)12)4-6(8)5-10;1-10-5-8-3(6)2-4(7)9-5/h5-10,12-14H,11H2,1-4H3,(H,24,25,26);4-7H,1-3H3;2*4-7H,1-3H3;2-5,7H,6,11H2,1H3;2-5,11-12H,1H3;2H,1H3. The highest BCUT2D eigenvalue weighted by atomic mass is 35.5. The van der Waals surface area contributed by atoms with E-state index in [9.17, 15) is 13.2 Å². The average Bonchev–Trinajstić information content (AvgIpc) is 0.822. The van der Waals surface area contributed by atoms with Crippen LogP contribution in [0.15, 0.2) is 185 Å². The highest BCUT2D eigenvalue weighted by molar-refractivity contribution is 7.98. The summed E-state index contributed by atoms with van der Waals surface area (Å²) in [4.78, 5) is 51.6. The van der Waals surface area contributed by atoms with Gasteiger partial charge in [0.15, 0.2) is 62.6 Å². The zero-order chi connectivity index (χ0) is 89.8. The predicted octanol–water partition coefficient (Wildman–Crippen LogP) is 17.4. The third-order valence-electron chi connectivity index (χ3n) is 16.2. The van der Waals surface area contributed by atoms with Crippen LogP contribution in [0.5, 0.6) is 63.8 Å². The van der Waals surface area contributed by atoms with Crippen molar-refractivity contribution in [2.75, 3.05) is 102 Å². The number of aldehydes is 1. The fourth-order valence-electron chi connectivity index (χ4n) is 10.4. The normalized spacial score (nSPS) is 10.9. The summed E-state index contributed by atoms with van der Waals surface area (Å²) >= 11 is 43.5. The summed E-state index contributed by atoms with van der Waals surface area (Å²) in [5, 5.41) is 25.0. The van der Waals surface area contributed by atoms with Crippen molar-refractivity contribution in [3.8, 4) is 109 Å². The molecule has 0 amide bonds. The van der Waals surface area contributed by atoms with Crippen LogP contribution in [-0.2, 0) is 22.7 Å². The lowest BCUT2D eigenvalue weighted by Crippen LogP contribution is -2.30. The second-order valence-corrected chi connectivity index (χ2v) is 31.1. The Kier molecular flexibility index (Phi) is 42.1. The van der Waals surface area contributed by atoms with Gasteiger partial charge in [0, 0.05) is 81.0 Å². The van der Waals surface area contributed by atoms with Gasteiger partial charge in [0.1, 0.15) is 37.3 Å². The molecular weight excluding hydrogens is 1780 g/mol. The first-order valence-electron chi connectivity index (χ1n) is 35.8. The molecule has 2 atom stereocenters. The molecule has 0 fully saturated rings. The summed E-state index contributed by atoms with van der Waals surface area (Å²) in [5.74, 6) is 6.06. The molecule has 0 saturated heterocycles. The molecule has 0 aliphatic heterocycles. The van der Waals surface area contributed by atoms with Crippen molar-refractivity contribution in [3.63, 3.8) is 0 Å². The van der Waals surface area contributed by atoms with Crippen LogP contribution in [0.1, 0.15) is 35.3 Å². The summed E-state index contributed by atoms with van der Waals surface area (Å²) in [6, 6.07) is 51.0. The Morgan fingerprint density at radius 3 is 1.11 bits per heavy atom. The van der Waals surface area contributed by atoms with Crippen molar-refractivity contribution >= 4 is 139 Å². The zero-order valence-corrected chi connectivity index (χ0v) is 76.7. The number of rotatable bonds is 26. The minimum atomic E-state index is -3.55. The van der Waals surface area contributed by atoms with Gasteiger partial charge in [-0.05, 0) is 165 Å². The van der Waals surface area contributed by atoms with Gasteiger partial charge in [-0.15, -0.1) is 0 Å². The second-order valence-electron chi connectivity index (χ2n) is 24.8. The Morgan fingerprint density at radius 1 is 0.402 bits per heavy atom. The van der Waals surface area contributed by atoms with Crippen molar-refractivity contribution in [2.45, 2.75) is 54.2 Å². The van der Waals surface area contributed by atoms with Crippen LogP contribution in [0.3, 0.4) is 0 Å². The maximum absolute atomic E-state index is 11.6. The minimum absolute atomic E-state index is 0.0511. The van der Waals surface area contributed by atoms with Crippen molar-refractivity contribution in [1.29, 1.82) is 0 Å². The largest absolute Gasteiger partial charge is 0.496 e. The van der Waals surface area contributed by atoms with E-state index in [1.165, 1.54) is 93.4 Å². The number of carbonyl (C=O) groups is 1. The van der Waals surface area contributed by atoms with Gasteiger partial charge in [0.05, 0.1) is 107 Å². The van der Waals surface area contributed by atoms with Crippen LogP contribution in [-0.4, -0.2) is 191 Å². The Balaban J connectivity index is 0.000000226. The van der Waals surface area contributed by atoms with Gasteiger partial charge < -0.3 is 73.2 Å². The van der Waals surface area contributed by atoms with Gasteiger partial charge in [-0.25, -0.2) is 38.3 Å². The van der Waals surface area contributed by atoms with Crippen molar-refractivity contribution < 1.29 is 75.4 Å². The number of nitrogens with two attached hydrogens (primary N) is 1. The second kappa shape index (κ2) is 51.1. The molecule has 12 rings (SSSR count). The maximum atomic E-state index is 11.6. The Hall–Kier alpha value is -10.2. The van der Waals surface area contributed by atoms with E-state index < -0.39 is 17.0 Å². The summed E-state index contributed by atoms with van der Waals surface area (Å²) in [7, 11) is 12.0. The van der Waals surface area contributed by atoms with E-state index in [4.69, 9.17) is 149 Å². The number of carbonyl (C=O) groups excluding carboxylic acids is 1. The fraction of sp³-hybridized carbons (Fsp3) is 0.241. The number of nitrogens with zero attached hydrogens (tertiary/aromatic N) is 10. The predicted molar refractivity (Wildman–Crippen MR) is 484 cm³/mol. The number of benzene rings is 7. The van der Waals surface area contributed by atoms with E-state index in [-0.39, 0.29) is 33.9 Å². The van der Waals surface area contributed by atoms with Crippen molar-refractivity contribution in [1.82, 2.24) is 49.8 Å². The quantitative estimate of drug-likeness (QED) is 0.0129. The van der Waals surface area contributed by atoms with Crippen LogP contribution in [0.25, 0.3) is 45.0 Å². The molecule has 0 radical (unpaired) electrons. The Morgan fingerprint density at radius 2 is 0.746 bits per heavy atom. The van der Waals surface area contributed by atoms with Gasteiger partial charge in [-0.3, -0.25) is 4.79 Å². The molecule has 0 saturated carbocycles. The third kappa shape index (κ3) is 32.3. The number of thioether (sulfide) groups is 2. The topological polar surface area (TPSA) is 360 Å². The van der Waals surface area contributed by atoms with Gasteiger partial charge in [0.2, 0.25) is 15.0 Å². The molecule has 122 heavy (non-hydrogen) atoms. The molecule has 2 unspecified atom stereocenters. The van der Waals surface area contributed by atoms with Gasteiger partial charge in [0.25, 0.3) is 0 Å². The lowest BCUT2D eigenvalue weighted by atomic mass is 9.79. The number of sulfone groups is 1. The molecule has 5 aromatic heterocycles. The Bertz CT molecular complexity index is 5380. The maximum Gasteiger partial charge on any atom is 0.488 e. The number of hydrogen-bond acceptors (Lipinski definition) is 30. The molecule has 5 N–H and O–H groups in total. The summed E-state index contributed by atoms with van der Waals surface area (Å²) in [6.07, 6.45) is 7.14. The smallest absolute Gasteiger partial charge is 0.488 e. The molecule has 12 aromatic rings. The number of aromatic nitrogens is 10. The van der Waals surface area contributed by atoms with Gasteiger partial charge in [-0.2, -0.15) is 19.9 Å². The molecule has 0 aliphatic rings. The van der Waals surface area contributed by atoms with Crippen LogP contribution in [0, 0.1) is 0 Å². The first-order chi connectivity index (χ1) is 58.3. The van der Waals surface area contributed by atoms with E-state index in [0.717, 1.165) is 57.2 Å². The lowest BCUT2D eigenvalue weighted by Gasteiger charge is -2.16. The number of halogens is 7. The SMILES string of the molecule is CC(N)Cc1ccc(Cl)cc1.COc1ccc(-c2cc(Cl)nc(S(C)(=O)=O)n2)cc1OC.COc1ccc(-c2cc(Cl)nc(SC)n2)cc1OC.COc1ccc(B(O)O)cc1C=O.COc1nc(Cl)cc(-c2ccc(OC)c(OC)c2)n1.COc1nc(NC(C)Cc2ccc(Cl)cc2)cc(-c2ccc(OC)c(OC)c2)n1.CSc1nc(Cl)cc(Cl)n1. The molecule has 39 heteroatoms. The van der Waals surface area contributed by atoms with Gasteiger partial charge >= 0.3 is 19.1 Å². The average molecular weight is 1860 g/mol. The molecule has 646 valence electrons. The summed E-state index contributed by atoms with van der Waals surface area (Å²) in [5.41, 5.74) is 14.4. The van der Waals surface area contributed by atoms with Gasteiger partial charge in [-0.1, -0.05) is 135 Å². The van der Waals surface area contributed by atoms with Crippen LogP contribution < -0.4 is 68.6 Å². The Labute approximate surface area is 752 Å². The zero-order valence-electron chi connectivity index (χ0n) is 68.9. The highest BCUT2D eigenvalue weighted by Crippen LogP contribution is 2.38. The minimum Gasteiger partial charge on any atom is -0.496 e. The monoisotopic (exact) mass is 1860 g/mol. The number of hydrogen-bond donors (Lipinski definition) is 4. The summed E-state index contributed by atoms with van der Waals surface area (Å²) < 4.78 is 80.3. The molecular formula is C83H88BCl7N12O16S3. The van der Waals surface area contributed by atoms with E-state index in [2.05, 4.69) is 62.1 Å². The fourth-order valence-corrected chi connectivity index (χ4v) is 13.1. The van der Waals surface area contributed by atoms with E-state index in [1.54, 1.807) is 86.2 Å². The molecule has 7 aromatic carbocycles. The highest BCUT2D eigenvalue weighted by Gasteiger charge is 2.20. The molecule has 0 aliphatic carbocycles. The number of ether oxygens (including phenoxy) is 11. The number of nitrogens with one attached hydrogen (secondary N) is 1. The summed E-state index contributed by atoms with van der Waals surface area (Å²) in [6.45, 7) is 4.09. The third-order valence-corrected chi connectivity index (χ3v) is 19.6. The number of anilines is 1. The molecule has 0 spiro atoms. The van der Waals surface area contributed by atoms with E-state index in [0.29, 0.717) is 123 Å². The first-order valence-corrected chi connectivity index (χ1v) is 42.8.